The van der Waals surface area contributed by atoms with Crippen LogP contribution in [0, 0.1) is 6.92 Å². The van der Waals surface area contributed by atoms with Gasteiger partial charge in [-0.05, 0) is 31.2 Å². The van der Waals surface area contributed by atoms with Crippen LogP contribution in [0.1, 0.15) is 21.6 Å². The molecule has 26 heavy (non-hydrogen) atoms. The Labute approximate surface area is 159 Å². The highest BCUT2D eigenvalue weighted by Gasteiger charge is 2.10. The fourth-order valence-electron chi connectivity index (χ4n) is 2.34. The molecule has 7 heteroatoms. The van der Waals surface area contributed by atoms with Gasteiger partial charge in [0.15, 0.2) is 0 Å². The summed E-state index contributed by atoms with van der Waals surface area (Å²) >= 11 is 3.39. The molecule has 0 spiro atoms. The largest absolute Gasteiger partial charge is 0.496 e. The number of hydrazone groups is 1. The van der Waals surface area contributed by atoms with Crippen LogP contribution in [0.15, 0.2) is 58.1 Å². The minimum Gasteiger partial charge on any atom is -0.496 e. The van der Waals surface area contributed by atoms with Crippen molar-refractivity contribution in [1.82, 2.24) is 15.6 Å². The highest BCUT2D eigenvalue weighted by Crippen LogP contribution is 2.21. The predicted octanol–water partition coefficient (Wildman–Crippen LogP) is 3.92. The van der Waals surface area contributed by atoms with Crippen molar-refractivity contribution in [2.45, 2.75) is 6.92 Å². The number of nitrogens with one attached hydrogen (secondary N) is 2. The molecule has 3 aromatic rings. The van der Waals surface area contributed by atoms with Crippen molar-refractivity contribution in [1.29, 1.82) is 0 Å². The second-order valence-corrected chi connectivity index (χ2v) is 6.53. The van der Waals surface area contributed by atoms with Gasteiger partial charge < -0.3 is 4.74 Å². The lowest BCUT2D eigenvalue weighted by Gasteiger charge is -2.04. The van der Waals surface area contributed by atoms with Crippen molar-refractivity contribution in [2.24, 2.45) is 5.10 Å². The average molecular weight is 413 g/mol. The maximum absolute atomic E-state index is 12.2. The second kappa shape index (κ2) is 7.97. The summed E-state index contributed by atoms with van der Waals surface area (Å²) in [6.07, 6.45) is 1.53. The lowest BCUT2D eigenvalue weighted by molar-refractivity contribution is 0.0950. The number of aromatic amines is 1. The van der Waals surface area contributed by atoms with Crippen LogP contribution in [-0.4, -0.2) is 29.4 Å². The third-order valence-corrected chi connectivity index (χ3v) is 4.22. The van der Waals surface area contributed by atoms with Crippen molar-refractivity contribution < 1.29 is 9.53 Å². The molecule has 0 aliphatic carbocycles. The monoisotopic (exact) mass is 412 g/mol. The van der Waals surface area contributed by atoms with Crippen LogP contribution in [0.5, 0.6) is 5.75 Å². The SMILES string of the molecule is COc1ccc(Br)cc1/C=N/NC(=O)c1cc(-c2ccc(C)cc2)n[nH]1. The number of aromatic nitrogens is 2. The van der Waals surface area contributed by atoms with Gasteiger partial charge in [-0.1, -0.05) is 45.8 Å². The number of hydrogen-bond acceptors (Lipinski definition) is 4. The molecule has 0 aliphatic rings. The van der Waals surface area contributed by atoms with E-state index in [9.17, 15) is 4.79 Å². The van der Waals surface area contributed by atoms with E-state index in [4.69, 9.17) is 4.74 Å². The Morgan fingerprint density at radius 1 is 1.23 bits per heavy atom. The number of rotatable bonds is 5. The highest BCUT2D eigenvalue weighted by molar-refractivity contribution is 9.10. The number of carbonyl (C=O) groups excluding carboxylic acids is 1. The molecule has 0 atom stereocenters. The van der Waals surface area contributed by atoms with Gasteiger partial charge >= 0.3 is 0 Å². The Morgan fingerprint density at radius 2 is 2.00 bits per heavy atom. The Hall–Kier alpha value is -2.93. The predicted molar refractivity (Wildman–Crippen MR) is 105 cm³/mol. The minimum absolute atomic E-state index is 0.332. The quantitative estimate of drug-likeness (QED) is 0.492. The molecule has 1 heterocycles. The highest BCUT2D eigenvalue weighted by atomic mass is 79.9. The molecule has 0 saturated heterocycles. The molecule has 1 amide bonds. The number of amides is 1. The third kappa shape index (κ3) is 4.18. The van der Waals surface area contributed by atoms with Gasteiger partial charge in [-0.2, -0.15) is 10.2 Å². The smallest absolute Gasteiger partial charge is 0.289 e. The van der Waals surface area contributed by atoms with Crippen LogP contribution >= 0.6 is 15.9 Å². The van der Waals surface area contributed by atoms with Gasteiger partial charge in [-0.25, -0.2) is 5.43 Å². The van der Waals surface area contributed by atoms with E-state index in [0.29, 0.717) is 17.1 Å². The average Bonchev–Trinajstić information content (AvgIpc) is 3.13. The Morgan fingerprint density at radius 3 is 2.73 bits per heavy atom. The summed E-state index contributed by atoms with van der Waals surface area (Å²) in [6.45, 7) is 2.02. The Bertz CT molecular complexity index is 948. The summed E-state index contributed by atoms with van der Waals surface area (Å²) in [5, 5.41) is 10.9. The number of halogens is 1. The van der Waals surface area contributed by atoms with E-state index in [1.807, 2.05) is 49.4 Å². The number of methoxy groups -OCH3 is 1. The van der Waals surface area contributed by atoms with Crippen molar-refractivity contribution in [3.05, 3.63) is 69.8 Å². The molecule has 0 radical (unpaired) electrons. The van der Waals surface area contributed by atoms with E-state index in [-0.39, 0.29) is 5.91 Å². The standard InChI is InChI=1S/C19H17BrN4O2/c1-12-3-5-13(6-4-12)16-10-17(23-22-16)19(25)24-21-11-14-9-15(20)7-8-18(14)26-2/h3-11H,1-2H3,(H,22,23)(H,24,25)/b21-11+. The molecule has 2 aromatic carbocycles. The van der Waals surface area contributed by atoms with Crippen LogP contribution in [-0.2, 0) is 0 Å². The van der Waals surface area contributed by atoms with Crippen LogP contribution in [0.4, 0.5) is 0 Å². The van der Waals surface area contributed by atoms with E-state index < -0.39 is 0 Å². The summed E-state index contributed by atoms with van der Waals surface area (Å²) in [7, 11) is 1.58. The minimum atomic E-state index is -0.374. The topological polar surface area (TPSA) is 79.4 Å². The summed E-state index contributed by atoms with van der Waals surface area (Å²) in [5.41, 5.74) is 6.36. The van der Waals surface area contributed by atoms with Crippen molar-refractivity contribution in [3.63, 3.8) is 0 Å². The van der Waals surface area contributed by atoms with Crippen LogP contribution in [0.3, 0.4) is 0 Å². The third-order valence-electron chi connectivity index (χ3n) is 3.73. The normalized spacial score (nSPS) is 10.9. The summed E-state index contributed by atoms with van der Waals surface area (Å²) in [6, 6.07) is 15.1. The molecule has 132 valence electrons. The van der Waals surface area contributed by atoms with Crippen LogP contribution < -0.4 is 10.2 Å². The number of H-pyrrole nitrogens is 1. The zero-order chi connectivity index (χ0) is 18.5. The number of benzene rings is 2. The van der Waals surface area contributed by atoms with Crippen LogP contribution in [0.2, 0.25) is 0 Å². The van der Waals surface area contributed by atoms with Gasteiger partial charge in [0.05, 0.1) is 19.0 Å². The summed E-state index contributed by atoms with van der Waals surface area (Å²) in [5.74, 6) is 0.287. The number of nitrogens with zero attached hydrogens (tertiary/aromatic N) is 2. The number of hydrogen-bond donors (Lipinski definition) is 2. The number of carbonyl (C=O) groups is 1. The van der Waals surface area contributed by atoms with E-state index in [1.54, 1.807) is 13.2 Å². The first kappa shape index (κ1) is 17.9. The zero-order valence-electron chi connectivity index (χ0n) is 14.3. The van der Waals surface area contributed by atoms with E-state index in [2.05, 4.69) is 36.7 Å². The molecule has 0 aliphatic heterocycles. The summed E-state index contributed by atoms with van der Waals surface area (Å²) in [4.78, 5) is 12.2. The molecule has 2 N–H and O–H groups in total. The number of ether oxygens (including phenoxy) is 1. The van der Waals surface area contributed by atoms with Crippen molar-refractivity contribution in [2.75, 3.05) is 7.11 Å². The van der Waals surface area contributed by atoms with Gasteiger partial charge in [-0.15, -0.1) is 0 Å². The fraction of sp³-hybridized carbons (Fsp3) is 0.105. The summed E-state index contributed by atoms with van der Waals surface area (Å²) < 4.78 is 6.15. The molecule has 0 saturated carbocycles. The Balaban J connectivity index is 1.69. The van der Waals surface area contributed by atoms with Crippen molar-refractivity contribution >= 4 is 28.1 Å². The van der Waals surface area contributed by atoms with E-state index in [1.165, 1.54) is 11.8 Å². The maximum atomic E-state index is 12.2. The molecule has 0 unspecified atom stereocenters. The van der Waals surface area contributed by atoms with Crippen LogP contribution in [0.25, 0.3) is 11.3 Å². The van der Waals surface area contributed by atoms with Crippen molar-refractivity contribution in [3.8, 4) is 17.0 Å². The molecule has 6 nitrogen and oxygen atoms in total. The molecule has 3 rings (SSSR count). The first-order valence-corrected chi connectivity index (χ1v) is 8.65. The van der Waals surface area contributed by atoms with E-state index >= 15 is 0 Å². The molecule has 1 aromatic heterocycles. The van der Waals surface area contributed by atoms with Gasteiger partial charge in [0.2, 0.25) is 0 Å². The first-order chi connectivity index (χ1) is 12.6. The van der Waals surface area contributed by atoms with Gasteiger partial charge in [-0.3, -0.25) is 9.89 Å². The lowest BCUT2D eigenvalue weighted by atomic mass is 10.1. The van der Waals surface area contributed by atoms with Gasteiger partial charge in [0.25, 0.3) is 5.91 Å². The molecule has 0 fully saturated rings. The second-order valence-electron chi connectivity index (χ2n) is 5.62. The van der Waals surface area contributed by atoms with Gasteiger partial charge in [0.1, 0.15) is 11.4 Å². The lowest BCUT2D eigenvalue weighted by Crippen LogP contribution is -2.18. The first-order valence-electron chi connectivity index (χ1n) is 7.86. The molecule has 0 bridgehead atoms. The number of aryl methyl sites for hydroxylation is 1. The fourth-order valence-corrected chi connectivity index (χ4v) is 2.72. The zero-order valence-corrected chi connectivity index (χ0v) is 15.9. The molecular formula is C19H17BrN4O2. The molecular weight excluding hydrogens is 396 g/mol. The van der Waals surface area contributed by atoms with E-state index in [0.717, 1.165) is 15.6 Å². The maximum Gasteiger partial charge on any atom is 0.289 e. The Kier molecular flexibility index (Phi) is 5.48. The van der Waals surface area contributed by atoms with Gasteiger partial charge in [0, 0.05) is 15.6 Å².